The minimum absolute atomic E-state index is 1.02. The Morgan fingerprint density at radius 1 is 1.18 bits per heavy atom. The maximum atomic E-state index is 2.38. The maximum Gasteiger partial charge on any atom is 0.0430 e. The predicted octanol–water partition coefficient (Wildman–Crippen LogP) is 4.13. The van der Waals surface area contributed by atoms with Crippen molar-refractivity contribution in [2.24, 2.45) is 0 Å². The van der Waals surface area contributed by atoms with Gasteiger partial charge in [0, 0.05) is 13.1 Å². The van der Waals surface area contributed by atoms with Crippen LogP contribution in [-0.4, -0.2) is 11.4 Å². The first-order valence-corrected chi connectivity index (χ1v) is 6.89. The Kier molecular flexibility index (Phi) is 2.97. The zero-order chi connectivity index (χ0) is 11.5. The van der Waals surface area contributed by atoms with Crippen molar-refractivity contribution in [3.05, 3.63) is 58.9 Å². The Morgan fingerprint density at radius 2 is 2.12 bits per heavy atom. The third-order valence-electron chi connectivity index (χ3n) is 3.12. The normalized spacial score (nSPS) is 14.5. The van der Waals surface area contributed by atoms with Crippen molar-refractivity contribution in [3.8, 4) is 11.1 Å². The van der Waals surface area contributed by atoms with Crippen LogP contribution in [0.2, 0.25) is 0 Å². The van der Waals surface area contributed by atoms with E-state index in [9.17, 15) is 0 Å². The number of nitrogens with zero attached hydrogens (tertiary/aromatic N) is 1. The fourth-order valence-corrected chi connectivity index (χ4v) is 2.90. The summed E-state index contributed by atoms with van der Waals surface area (Å²) >= 11 is 1.76. The SMILES string of the molecule is C1=CN(Cc2ccccc2-c2ccsc2)CC1. The van der Waals surface area contributed by atoms with E-state index in [1.54, 1.807) is 11.3 Å². The highest BCUT2D eigenvalue weighted by molar-refractivity contribution is 7.08. The summed E-state index contributed by atoms with van der Waals surface area (Å²) in [6, 6.07) is 10.9. The lowest BCUT2D eigenvalue weighted by atomic mass is 10.0. The maximum absolute atomic E-state index is 2.38. The number of hydrogen-bond acceptors (Lipinski definition) is 2. The monoisotopic (exact) mass is 241 g/mol. The van der Waals surface area contributed by atoms with E-state index in [4.69, 9.17) is 0 Å². The first kappa shape index (κ1) is 10.6. The second-order valence-electron chi connectivity index (χ2n) is 4.31. The van der Waals surface area contributed by atoms with Crippen LogP contribution in [0.3, 0.4) is 0 Å². The summed E-state index contributed by atoms with van der Waals surface area (Å²) in [6.07, 6.45) is 5.64. The van der Waals surface area contributed by atoms with E-state index in [1.807, 2.05) is 0 Å². The van der Waals surface area contributed by atoms with Crippen LogP contribution < -0.4 is 0 Å². The van der Waals surface area contributed by atoms with Crippen LogP contribution >= 0.6 is 11.3 Å². The lowest BCUT2D eigenvalue weighted by Gasteiger charge is -2.17. The smallest absolute Gasteiger partial charge is 0.0430 e. The van der Waals surface area contributed by atoms with Crippen molar-refractivity contribution < 1.29 is 0 Å². The minimum atomic E-state index is 1.02. The third-order valence-corrected chi connectivity index (χ3v) is 3.81. The topological polar surface area (TPSA) is 3.24 Å². The molecular weight excluding hydrogens is 226 g/mol. The molecule has 0 saturated carbocycles. The fraction of sp³-hybridized carbons (Fsp3) is 0.200. The van der Waals surface area contributed by atoms with Gasteiger partial charge in [0.1, 0.15) is 0 Å². The van der Waals surface area contributed by atoms with Gasteiger partial charge in [0.2, 0.25) is 0 Å². The molecule has 0 saturated heterocycles. The van der Waals surface area contributed by atoms with E-state index in [0.29, 0.717) is 0 Å². The molecule has 17 heavy (non-hydrogen) atoms. The van der Waals surface area contributed by atoms with Crippen molar-refractivity contribution in [2.45, 2.75) is 13.0 Å². The van der Waals surface area contributed by atoms with Crippen molar-refractivity contribution in [1.29, 1.82) is 0 Å². The number of thiophene rings is 1. The van der Waals surface area contributed by atoms with E-state index in [2.05, 4.69) is 58.3 Å². The predicted molar refractivity (Wildman–Crippen MR) is 73.9 cm³/mol. The largest absolute Gasteiger partial charge is 0.373 e. The average Bonchev–Trinajstić information content (AvgIpc) is 3.01. The van der Waals surface area contributed by atoms with Gasteiger partial charge in [-0.3, -0.25) is 0 Å². The van der Waals surface area contributed by atoms with Crippen LogP contribution in [0.5, 0.6) is 0 Å². The lowest BCUT2D eigenvalue weighted by molar-refractivity contribution is 0.401. The Bertz CT molecular complexity index is 513. The molecule has 0 amide bonds. The molecule has 2 heteroatoms. The number of rotatable bonds is 3. The van der Waals surface area contributed by atoms with Crippen molar-refractivity contribution in [2.75, 3.05) is 6.54 Å². The van der Waals surface area contributed by atoms with Crippen LogP contribution in [0.25, 0.3) is 11.1 Å². The van der Waals surface area contributed by atoms with Gasteiger partial charge >= 0.3 is 0 Å². The lowest BCUT2D eigenvalue weighted by Crippen LogP contribution is -2.14. The molecule has 0 spiro atoms. The molecule has 0 aliphatic carbocycles. The van der Waals surface area contributed by atoms with E-state index in [-0.39, 0.29) is 0 Å². The van der Waals surface area contributed by atoms with Gasteiger partial charge in [-0.05, 0) is 46.1 Å². The number of benzene rings is 1. The van der Waals surface area contributed by atoms with Gasteiger partial charge in [0.25, 0.3) is 0 Å². The second kappa shape index (κ2) is 4.76. The van der Waals surface area contributed by atoms with Gasteiger partial charge in [-0.2, -0.15) is 11.3 Å². The first-order valence-electron chi connectivity index (χ1n) is 5.95. The Balaban J connectivity index is 1.91. The molecule has 0 fully saturated rings. The van der Waals surface area contributed by atoms with Crippen LogP contribution in [0.1, 0.15) is 12.0 Å². The highest BCUT2D eigenvalue weighted by Crippen LogP contribution is 2.27. The van der Waals surface area contributed by atoms with Crippen LogP contribution in [0, 0.1) is 0 Å². The van der Waals surface area contributed by atoms with E-state index < -0.39 is 0 Å². The third kappa shape index (κ3) is 2.27. The Labute approximate surface area is 106 Å². The van der Waals surface area contributed by atoms with Gasteiger partial charge in [-0.25, -0.2) is 0 Å². The summed E-state index contributed by atoms with van der Waals surface area (Å²) in [7, 11) is 0. The molecule has 1 nitrogen and oxygen atoms in total. The van der Waals surface area contributed by atoms with Crippen LogP contribution in [0.4, 0.5) is 0 Å². The van der Waals surface area contributed by atoms with Crippen LogP contribution in [-0.2, 0) is 6.54 Å². The average molecular weight is 241 g/mol. The van der Waals surface area contributed by atoms with E-state index >= 15 is 0 Å². The van der Waals surface area contributed by atoms with Gasteiger partial charge in [0.15, 0.2) is 0 Å². The standard InChI is InChI=1S/C15H15NS/c1-2-6-15(14-7-10-17-12-14)13(5-1)11-16-8-3-4-9-16/h1-3,5-8,10,12H,4,9,11H2. The molecule has 1 aliphatic heterocycles. The molecule has 1 aromatic heterocycles. The summed E-state index contributed by atoms with van der Waals surface area (Å²) in [4.78, 5) is 2.38. The molecule has 0 unspecified atom stereocenters. The molecule has 0 N–H and O–H groups in total. The summed E-state index contributed by atoms with van der Waals surface area (Å²) in [6.45, 7) is 2.17. The molecule has 1 aliphatic rings. The molecule has 0 atom stereocenters. The zero-order valence-corrected chi connectivity index (χ0v) is 10.5. The molecule has 3 rings (SSSR count). The molecule has 0 bridgehead atoms. The molecule has 0 radical (unpaired) electrons. The molecule has 86 valence electrons. The minimum Gasteiger partial charge on any atom is -0.373 e. The highest BCUT2D eigenvalue weighted by atomic mass is 32.1. The second-order valence-corrected chi connectivity index (χ2v) is 5.09. The van der Waals surface area contributed by atoms with E-state index in [0.717, 1.165) is 13.1 Å². The molecule has 2 aromatic rings. The quantitative estimate of drug-likeness (QED) is 0.781. The van der Waals surface area contributed by atoms with Gasteiger partial charge in [-0.15, -0.1) is 0 Å². The number of hydrogen-bond donors (Lipinski definition) is 0. The fourth-order valence-electron chi connectivity index (χ4n) is 2.25. The van der Waals surface area contributed by atoms with Gasteiger partial charge < -0.3 is 4.90 Å². The van der Waals surface area contributed by atoms with Gasteiger partial charge in [0.05, 0.1) is 0 Å². The van der Waals surface area contributed by atoms with E-state index in [1.165, 1.54) is 23.1 Å². The van der Waals surface area contributed by atoms with Gasteiger partial charge in [-0.1, -0.05) is 30.3 Å². The summed E-state index contributed by atoms with van der Waals surface area (Å²) in [5, 5.41) is 4.36. The Hall–Kier alpha value is -1.54. The summed E-state index contributed by atoms with van der Waals surface area (Å²) in [5.41, 5.74) is 4.13. The van der Waals surface area contributed by atoms with Crippen molar-refractivity contribution >= 4 is 11.3 Å². The first-order chi connectivity index (χ1) is 8.43. The van der Waals surface area contributed by atoms with Crippen LogP contribution in [0.15, 0.2) is 53.4 Å². The van der Waals surface area contributed by atoms with Crippen molar-refractivity contribution in [1.82, 2.24) is 4.90 Å². The highest BCUT2D eigenvalue weighted by Gasteiger charge is 2.09. The van der Waals surface area contributed by atoms with Crippen molar-refractivity contribution in [3.63, 3.8) is 0 Å². The zero-order valence-electron chi connectivity index (χ0n) is 9.67. The summed E-state index contributed by atoms with van der Waals surface area (Å²) in [5.74, 6) is 0. The Morgan fingerprint density at radius 3 is 2.88 bits per heavy atom. The molecular formula is C15H15NS. The molecule has 1 aromatic carbocycles. The molecule has 2 heterocycles. The summed E-state index contributed by atoms with van der Waals surface area (Å²) < 4.78 is 0.